The highest BCUT2D eigenvalue weighted by atomic mass is 16.4. The summed E-state index contributed by atoms with van der Waals surface area (Å²) in [5.41, 5.74) is 3.50. The molecule has 0 saturated carbocycles. The Labute approximate surface area is 226 Å². The summed E-state index contributed by atoms with van der Waals surface area (Å²) in [6, 6.07) is 9.15. The Bertz CT molecular complexity index is 1540. The lowest BCUT2D eigenvalue weighted by Crippen LogP contribution is -2.59. The number of rotatable bonds is 5. The average Bonchev–Trinajstić information content (AvgIpc) is 3.35. The molecule has 39 heavy (non-hydrogen) atoms. The van der Waals surface area contributed by atoms with Gasteiger partial charge in [-0.3, -0.25) is 9.48 Å². The topological polar surface area (TPSA) is 122 Å². The van der Waals surface area contributed by atoms with Crippen molar-refractivity contribution in [3.8, 4) is 17.1 Å². The standard InChI is InChI=1S/C28H32N8O3/c1-28(2,3)25-18-34(10-11-35(25)27(38)39)21-14-29-26(30-15-21)20-7-5-6-19(12-20)13-23-24(37)8-9-36(32-23)22-16-31-33(4)17-22/h5-9,12,14-17,25H,10-11,13,18H2,1-4H3,(H,38,39). The van der Waals surface area contributed by atoms with E-state index in [4.69, 9.17) is 0 Å². The SMILES string of the molecule is Cn1cc(-n2ccc(=O)c(Cc3cccc(-c4ncc(N5CCN(C(=O)O)C(C(C)(C)C)C5)cn4)c3)n2)cn1. The van der Waals surface area contributed by atoms with E-state index in [0.717, 1.165) is 22.5 Å². The molecule has 1 aromatic carbocycles. The predicted octanol–water partition coefficient (Wildman–Crippen LogP) is 3.23. The monoisotopic (exact) mass is 528 g/mol. The second-order valence-corrected chi connectivity index (χ2v) is 10.9. The van der Waals surface area contributed by atoms with Gasteiger partial charge in [0.15, 0.2) is 5.82 Å². The lowest BCUT2D eigenvalue weighted by molar-refractivity contribution is 0.0748. The van der Waals surface area contributed by atoms with Crippen LogP contribution in [0.25, 0.3) is 17.1 Å². The van der Waals surface area contributed by atoms with Crippen LogP contribution in [0.3, 0.4) is 0 Å². The van der Waals surface area contributed by atoms with E-state index in [0.29, 0.717) is 37.6 Å². The Morgan fingerprint density at radius 1 is 1.08 bits per heavy atom. The molecule has 202 valence electrons. The molecule has 1 unspecified atom stereocenters. The molecule has 1 fully saturated rings. The summed E-state index contributed by atoms with van der Waals surface area (Å²) in [4.78, 5) is 37.2. The minimum atomic E-state index is -0.886. The maximum absolute atomic E-state index is 12.5. The molecule has 0 spiro atoms. The first kappa shape index (κ1) is 26.1. The van der Waals surface area contributed by atoms with E-state index < -0.39 is 6.09 Å². The minimum Gasteiger partial charge on any atom is -0.465 e. The minimum absolute atomic E-state index is 0.127. The number of benzene rings is 1. The molecular weight excluding hydrogens is 496 g/mol. The van der Waals surface area contributed by atoms with Crippen LogP contribution < -0.4 is 10.3 Å². The van der Waals surface area contributed by atoms with Crippen LogP contribution in [0, 0.1) is 5.41 Å². The third-order valence-electron chi connectivity index (χ3n) is 7.02. The molecule has 4 aromatic rings. The number of aromatic nitrogens is 6. The molecule has 11 heteroatoms. The molecule has 4 heterocycles. The molecule has 1 aliphatic rings. The number of piperazine rings is 1. The maximum atomic E-state index is 12.5. The number of nitrogens with zero attached hydrogens (tertiary/aromatic N) is 8. The van der Waals surface area contributed by atoms with Crippen molar-refractivity contribution < 1.29 is 9.90 Å². The summed E-state index contributed by atoms with van der Waals surface area (Å²) < 4.78 is 3.33. The van der Waals surface area contributed by atoms with Crippen molar-refractivity contribution in [2.45, 2.75) is 33.2 Å². The van der Waals surface area contributed by atoms with E-state index in [9.17, 15) is 14.7 Å². The maximum Gasteiger partial charge on any atom is 0.407 e. The summed E-state index contributed by atoms with van der Waals surface area (Å²) in [5, 5.41) is 18.3. The molecule has 1 saturated heterocycles. The zero-order chi connectivity index (χ0) is 27.7. The molecule has 0 radical (unpaired) electrons. The van der Waals surface area contributed by atoms with Gasteiger partial charge in [-0.15, -0.1) is 0 Å². The van der Waals surface area contributed by atoms with Gasteiger partial charge in [-0.05, 0) is 17.0 Å². The zero-order valence-corrected chi connectivity index (χ0v) is 22.5. The highest BCUT2D eigenvalue weighted by Gasteiger charge is 2.38. The summed E-state index contributed by atoms with van der Waals surface area (Å²) in [6.07, 6.45) is 8.22. The molecule has 3 aromatic heterocycles. The van der Waals surface area contributed by atoms with Crippen LogP contribution in [0.5, 0.6) is 0 Å². The van der Waals surface area contributed by atoms with Crippen LogP contribution >= 0.6 is 0 Å². The number of hydrogen-bond donors (Lipinski definition) is 1. The number of carbonyl (C=O) groups is 1. The second-order valence-electron chi connectivity index (χ2n) is 10.9. The molecule has 5 rings (SSSR count). The van der Waals surface area contributed by atoms with E-state index in [1.54, 1.807) is 34.2 Å². The van der Waals surface area contributed by atoms with Gasteiger partial charge in [-0.2, -0.15) is 10.2 Å². The van der Waals surface area contributed by atoms with Gasteiger partial charge in [0.2, 0.25) is 5.43 Å². The van der Waals surface area contributed by atoms with Crippen LogP contribution in [0.4, 0.5) is 10.5 Å². The Morgan fingerprint density at radius 3 is 2.51 bits per heavy atom. The Morgan fingerprint density at radius 2 is 1.85 bits per heavy atom. The second kappa shape index (κ2) is 10.3. The van der Waals surface area contributed by atoms with Gasteiger partial charge in [0.1, 0.15) is 11.4 Å². The Balaban J connectivity index is 1.33. The smallest absolute Gasteiger partial charge is 0.407 e. The number of amides is 1. The van der Waals surface area contributed by atoms with Crippen LogP contribution in [-0.2, 0) is 13.5 Å². The zero-order valence-electron chi connectivity index (χ0n) is 22.5. The molecule has 1 aliphatic heterocycles. The van der Waals surface area contributed by atoms with Gasteiger partial charge < -0.3 is 14.9 Å². The highest BCUT2D eigenvalue weighted by Crippen LogP contribution is 2.30. The number of hydrogen-bond acceptors (Lipinski definition) is 7. The van der Waals surface area contributed by atoms with Crippen LogP contribution in [0.2, 0.25) is 0 Å². The molecule has 1 amide bonds. The van der Waals surface area contributed by atoms with Crippen molar-refractivity contribution in [2.75, 3.05) is 24.5 Å². The number of carboxylic acid groups (broad SMARTS) is 1. The average molecular weight is 529 g/mol. The molecule has 1 atom stereocenters. The van der Waals surface area contributed by atoms with Gasteiger partial charge in [0.05, 0.1) is 36.5 Å². The number of aryl methyl sites for hydroxylation is 1. The van der Waals surface area contributed by atoms with E-state index in [1.165, 1.54) is 11.0 Å². The molecule has 0 bridgehead atoms. The fourth-order valence-electron chi connectivity index (χ4n) is 4.88. The molecule has 1 N–H and O–H groups in total. The largest absolute Gasteiger partial charge is 0.465 e. The summed E-state index contributed by atoms with van der Waals surface area (Å²) in [6.45, 7) is 7.76. The first-order valence-electron chi connectivity index (χ1n) is 12.8. The molecule has 0 aliphatic carbocycles. The van der Waals surface area contributed by atoms with E-state index >= 15 is 0 Å². The van der Waals surface area contributed by atoms with E-state index in [-0.39, 0.29) is 16.9 Å². The predicted molar refractivity (Wildman–Crippen MR) is 147 cm³/mol. The van der Waals surface area contributed by atoms with Crippen molar-refractivity contribution in [3.63, 3.8) is 0 Å². The molecular formula is C28H32N8O3. The quantitative estimate of drug-likeness (QED) is 0.419. The van der Waals surface area contributed by atoms with Crippen molar-refractivity contribution >= 4 is 11.8 Å². The number of anilines is 1. The van der Waals surface area contributed by atoms with Gasteiger partial charge in [0, 0.05) is 50.9 Å². The summed E-state index contributed by atoms with van der Waals surface area (Å²) >= 11 is 0. The normalized spacial score (nSPS) is 15.9. The lowest BCUT2D eigenvalue weighted by Gasteiger charge is -2.46. The van der Waals surface area contributed by atoms with Crippen molar-refractivity contribution in [2.24, 2.45) is 12.5 Å². The fourth-order valence-corrected chi connectivity index (χ4v) is 4.88. The van der Waals surface area contributed by atoms with Gasteiger partial charge in [-0.25, -0.2) is 19.4 Å². The van der Waals surface area contributed by atoms with E-state index in [2.05, 4.69) is 45.8 Å². The van der Waals surface area contributed by atoms with Crippen molar-refractivity contribution in [3.05, 3.63) is 82.8 Å². The summed E-state index contributed by atoms with van der Waals surface area (Å²) in [5.74, 6) is 0.575. The first-order valence-corrected chi connectivity index (χ1v) is 12.8. The highest BCUT2D eigenvalue weighted by molar-refractivity contribution is 5.66. The fraction of sp³-hybridized carbons (Fsp3) is 0.357. The van der Waals surface area contributed by atoms with Gasteiger partial charge in [0.25, 0.3) is 0 Å². The van der Waals surface area contributed by atoms with Crippen LogP contribution in [0.1, 0.15) is 32.0 Å². The third-order valence-corrected chi connectivity index (χ3v) is 7.02. The van der Waals surface area contributed by atoms with Gasteiger partial charge >= 0.3 is 6.09 Å². The summed E-state index contributed by atoms with van der Waals surface area (Å²) in [7, 11) is 1.83. The van der Waals surface area contributed by atoms with Crippen molar-refractivity contribution in [1.29, 1.82) is 0 Å². The Hall–Kier alpha value is -4.54. The van der Waals surface area contributed by atoms with Crippen molar-refractivity contribution in [1.82, 2.24) is 34.4 Å². The third kappa shape index (κ3) is 5.66. The molecule has 11 nitrogen and oxygen atoms in total. The Kier molecular flexibility index (Phi) is 6.90. The first-order chi connectivity index (χ1) is 18.6. The van der Waals surface area contributed by atoms with Crippen LogP contribution in [0.15, 0.2) is 66.1 Å². The van der Waals surface area contributed by atoms with Crippen LogP contribution in [-0.4, -0.2) is 71.3 Å². The van der Waals surface area contributed by atoms with E-state index in [1.807, 2.05) is 37.5 Å². The van der Waals surface area contributed by atoms with Gasteiger partial charge in [-0.1, -0.05) is 39.0 Å². The lowest BCUT2D eigenvalue weighted by atomic mass is 9.84.